The van der Waals surface area contributed by atoms with Crippen LogP contribution < -0.4 is 0 Å². The van der Waals surface area contributed by atoms with Gasteiger partial charge in [0.2, 0.25) is 0 Å². The molecular weight excluding hydrogens is 223 g/mol. The molecule has 0 amide bonds. The van der Waals surface area contributed by atoms with Crippen molar-refractivity contribution in [2.75, 3.05) is 18.5 Å². The van der Waals surface area contributed by atoms with Crippen LogP contribution in [-0.4, -0.2) is 36.9 Å². The van der Waals surface area contributed by atoms with Crippen LogP contribution in [0.3, 0.4) is 0 Å². The first-order chi connectivity index (χ1) is 4.06. The number of methoxy groups -OCH3 is 1. The SMILES string of the molecule is COCO[CH2][Sn]([CH3])([CH3])[CH3]. The fraction of sp³-hybridized carbons (Fsp3) is 1.00. The molecule has 3 heteroatoms. The Hall–Kier alpha value is 0.719. The Morgan fingerprint density at radius 3 is 2.11 bits per heavy atom. The zero-order valence-corrected chi connectivity index (χ0v) is 9.58. The summed E-state index contributed by atoms with van der Waals surface area (Å²) in [6.45, 7) is 0.453. The van der Waals surface area contributed by atoms with Crippen molar-refractivity contribution in [3.8, 4) is 0 Å². The quantitative estimate of drug-likeness (QED) is 0.420. The van der Waals surface area contributed by atoms with Gasteiger partial charge in [0.25, 0.3) is 0 Å². The minimum absolute atomic E-state index is 0.453. The average Bonchev–Trinajstić information content (AvgIpc) is 1.63. The standard InChI is InChI=1S/C3H7O2.3CH3.Sn/c1-4-3-5-2;;;;/h1,3H2,2H3;3*1H3;. The van der Waals surface area contributed by atoms with Crippen LogP contribution in [0.25, 0.3) is 0 Å². The Labute approximate surface area is 61.4 Å². The average molecular weight is 239 g/mol. The number of hydrogen-bond donors (Lipinski definition) is 0. The molecule has 0 rings (SSSR count). The summed E-state index contributed by atoms with van der Waals surface area (Å²) >= 11 is -1.63. The maximum atomic E-state index is 5.22. The van der Waals surface area contributed by atoms with Gasteiger partial charge < -0.3 is 0 Å². The van der Waals surface area contributed by atoms with E-state index in [-0.39, 0.29) is 0 Å². The van der Waals surface area contributed by atoms with E-state index in [4.69, 9.17) is 9.47 Å². The van der Waals surface area contributed by atoms with Gasteiger partial charge in [-0.15, -0.1) is 0 Å². The van der Waals surface area contributed by atoms with Crippen molar-refractivity contribution in [1.29, 1.82) is 0 Å². The molecule has 0 saturated carbocycles. The summed E-state index contributed by atoms with van der Waals surface area (Å²) in [6.07, 6.45) is 0. The second kappa shape index (κ2) is 4.52. The topological polar surface area (TPSA) is 18.5 Å². The second-order valence-corrected chi connectivity index (χ2v) is 18.8. The molecule has 2 nitrogen and oxygen atoms in total. The molecule has 0 bridgehead atoms. The van der Waals surface area contributed by atoms with E-state index in [1.165, 1.54) is 0 Å². The van der Waals surface area contributed by atoms with Crippen LogP contribution in [0.4, 0.5) is 0 Å². The van der Waals surface area contributed by atoms with Gasteiger partial charge >= 0.3 is 61.2 Å². The molecule has 0 spiro atoms. The fourth-order valence-electron chi connectivity index (χ4n) is 0.431. The normalized spacial score (nSPS) is 12.0. The molecule has 0 unspecified atom stereocenters. The first kappa shape index (κ1) is 9.72. The molecule has 0 aromatic rings. The van der Waals surface area contributed by atoms with E-state index in [0.29, 0.717) is 6.79 Å². The Bertz CT molecular complexity index is 67.9. The van der Waals surface area contributed by atoms with E-state index in [2.05, 4.69) is 14.8 Å². The third-order valence-corrected chi connectivity index (χ3v) is 3.79. The van der Waals surface area contributed by atoms with Crippen molar-refractivity contribution < 1.29 is 9.47 Å². The summed E-state index contributed by atoms with van der Waals surface area (Å²) in [5.74, 6) is 0. The summed E-state index contributed by atoms with van der Waals surface area (Å²) < 4.78 is 10.9. The molecule has 56 valence electrons. The summed E-state index contributed by atoms with van der Waals surface area (Å²) in [7, 11) is 1.65. The molecule has 0 heterocycles. The van der Waals surface area contributed by atoms with Crippen molar-refractivity contribution in [3.05, 3.63) is 0 Å². The van der Waals surface area contributed by atoms with Crippen LogP contribution in [-0.2, 0) is 9.47 Å². The zero-order chi connectivity index (χ0) is 7.33. The molecule has 0 atom stereocenters. The summed E-state index contributed by atoms with van der Waals surface area (Å²) in [4.78, 5) is 7.01. The monoisotopic (exact) mass is 240 g/mol. The Morgan fingerprint density at radius 1 is 1.22 bits per heavy atom. The van der Waals surface area contributed by atoms with Crippen molar-refractivity contribution in [2.45, 2.75) is 14.8 Å². The van der Waals surface area contributed by atoms with Crippen LogP contribution in [0.1, 0.15) is 0 Å². The molecule has 0 aliphatic carbocycles. The van der Waals surface area contributed by atoms with Gasteiger partial charge in [-0.2, -0.15) is 0 Å². The zero-order valence-electron chi connectivity index (χ0n) is 6.73. The molecule has 0 aliphatic rings. The first-order valence-corrected chi connectivity index (χ1v) is 13.7. The number of ether oxygens (including phenoxy) is 2. The number of hydrogen-bond acceptors (Lipinski definition) is 2. The van der Waals surface area contributed by atoms with Crippen LogP contribution in [0.5, 0.6) is 0 Å². The van der Waals surface area contributed by atoms with E-state index >= 15 is 0 Å². The van der Waals surface area contributed by atoms with E-state index in [0.717, 1.165) is 4.62 Å². The fourth-order valence-corrected chi connectivity index (χ4v) is 2.42. The molecule has 0 aliphatic heterocycles. The van der Waals surface area contributed by atoms with Crippen molar-refractivity contribution >= 4 is 18.4 Å². The van der Waals surface area contributed by atoms with Gasteiger partial charge in [0.15, 0.2) is 0 Å². The van der Waals surface area contributed by atoms with Crippen molar-refractivity contribution in [2.24, 2.45) is 0 Å². The molecule has 9 heavy (non-hydrogen) atoms. The van der Waals surface area contributed by atoms with E-state index in [9.17, 15) is 0 Å². The minimum atomic E-state index is -1.63. The second-order valence-electron chi connectivity index (χ2n) is 3.32. The predicted molar refractivity (Wildman–Crippen MR) is 41.2 cm³/mol. The van der Waals surface area contributed by atoms with Crippen LogP contribution in [0.2, 0.25) is 14.8 Å². The summed E-state index contributed by atoms with van der Waals surface area (Å²) in [5, 5.41) is 0. The summed E-state index contributed by atoms with van der Waals surface area (Å²) in [6, 6.07) is 0. The number of rotatable bonds is 4. The van der Waals surface area contributed by atoms with Gasteiger partial charge in [-0.25, -0.2) is 0 Å². The molecular formula is C6H16O2Sn. The van der Waals surface area contributed by atoms with E-state index in [1.54, 1.807) is 7.11 Å². The molecule has 0 radical (unpaired) electrons. The third-order valence-electron chi connectivity index (χ3n) is 0.736. The maximum absolute atomic E-state index is 5.22. The Morgan fingerprint density at radius 2 is 1.78 bits per heavy atom. The molecule has 0 fully saturated rings. The van der Waals surface area contributed by atoms with Crippen LogP contribution in [0, 0.1) is 0 Å². The first-order valence-electron chi connectivity index (χ1n) is 3.13. The van der Waals surface area contributed by atoms with Crippen molar-refractivity contribution in [1.82, 2.24) is 0 Å². The summed E-state index contributed by atoms with van der Waals surface area (Å²) in [5.41, 5.74) is 0. The Kier molecular flexibility index (Phi) is 4.88. The van der Waals surface area contributed by atoms with Gasteiger partial charge in [0.05, 0.1) is 0 Å². The molecule has 0 aromatic carbocycles. The van der Waals surface area contributed by atoms with Crippen molar-refractivity contribution in [3.63, 3.8) is 0 Å². The molecule has 0 aromatic heterocycles. The Balaban J connectivity index is 3.07. The third kappa shape index (κ3) is 8.72. The van der Waals surface area contributed by atoms with E-state index < -0.39 is 18.4 Å². The van der Waals surface area contributed by atoms with Gasteiger partial charge in [-0.3, -0.25) is 0 Å². The van der Waals surface area contributed by atoms with Gasteiger partial charge in [0, 0.05) is 0 Å². The predicted octanol–water partition coefficient (Wildman–Crippen LogP) is 1.48. The van der Waals surface area contributed by atoms with Gasteiger partial charge in [-0.1, -0.05) is 0 Å². The van der Waals surface area contributed by atoms with Gasteiger partial charge in [-0.05, 0) is 0 Å². The molecule has 0 N–H and O–H groups in total. The molecule has 0 saturated heterocycles. The van der Waals surface area contributed by atoms with Crippen LogP contribution in [0.15, 0.2) is 0 Å². The van der Waals surface area contributed by atoms with Crippen LogP contribution >= 0.6 is 0 Å². The van der Waals surface area contributed by atoms with E-state index in [1.807, 2.05) is 0 Å². The van der Waals surface area contributed by atoms with Gasteiger partial charge in [0.1, 0.15) is 0 Å².